The van der Waals surface area contributed by atoms with Crippen LogP contribution in [0.3, 0.4) is 0 Å². The van der Waals surface area contributed by atoms with Crippen molar-refractivity contribution in [2.24, 2.45) is 0 Å². The zero-order valence-electron chi connectivity index (χ0n) is 23.2. The zero-order valence-corrected chi connectivity index (χ0v) is 25.0. The van der Waals surface area contributed by atoms with E-state index in [-0.39, 0.29) is 62.7 Å². The Balaban J connectivity index is 2.70. The van der Waals surface area contributed by atoms with E-state index in [1.165, 1.54) is 0 Å². The summed E-state index contributed by atoms with van der Waals surface area (Å²) in [5, 5.41) is 3.73. The maximum Gasteiger partial charge on any atom is 0.331 e. The van der Waals surface area contributed by atoms with Crippen LogP contribution in [0.15, 0.2) is 60.7 Å². The van der Waals surface area contributed by atoms with E-state index in [0.29, 0.717) is 0 Å². The van der Waals surface area contributed by atoms with Crippen molar-refractivity contribution >= 4 is 15.2 Å². The van der Waals surface area contributed by atoms with Gasteiger partial charge in [0.15, 0.2) is 0 Å². The van der Waals surface area contributed by atoms with Crippen molar-refractivity contribution in [3.05, 3.63) is 71.8 Å². The topological polar surface area (TPSA) is 83.1 Å². The second-order valence-electron chi connectivity index (χ2n) is 9.14. The minimum atomic E-state index is -3.42. The van der Waals surface area contributed by atoms with Gasteiger partial charge in [-0.1, -0.05) is 74.5 Å². The highest BCUT2D eigenvalue weighted by Gasteiger charge is 2.41. The maximum absolute atomic E-state index is 13.9. The number of hydrogen-bond donors (Lipinski definition) is 1. The summed E-state index contributed by atoms with van der Waals surface area (Å²) in [5.74, 6) is -0.538. The monoisotopic (exact) mass is 553 g/mol. The average molecular weight is 554 g/mol. The molecule has 0 aromatic heterocycles. The Morgan fingerprint density at radius 1 is 0.622 bits per heavy atom. The molecule has 0 aliphatic rings. The smallest absolute Gasteiger partial charge is 0.311 e. The van der Waals surface area contributed by atoms with Gasteiger partial charge in [-0.2, -0.15) is 0 Å². The van der Waals surface area contributed by atoms with E-state index in [1.807, 2.05) is 88.4 Å². The lowest BCUT2D eigenvalue weighted by atomic mass is 9.81. The van der Waals surface area contributed by atoms with Gasteiger partial charge in [0.05, 0.1) is 38.8 Å². The Bertz CT molecular complexity index is 893. The molecule has 0 radical (unpaired) electrons. The molecule has 0 bridgehead atoms. The first-order valence-corrected chi connectivity index (χ1v) is 16.8. The SMILES string of the molecule is CCOP(=O)(CC(c1ccccc1)C(NC(C)C)C(CP(=O)(OCC)OCC)c1ccccc1)OCC. The number of benzene rings is 2. The summed E-state index contributed by atoms with van der Waals surface area (Å²) in [6.07, 6.45) is 0.361. The van der Waals surface area contributed by atoms with Gasteiger partial charge in [0.1, 0.15) is 0 Å². The van der Waals surface area contributed by atoms with Crippen LogP contribution >= 0.6 is 15.2 Å². The lowest BCUT2D eigenvalue weighted by Gasteiger charge is -2.38. The highest BCUT2D eigenvalue weighted by Crippen LogP contribution is 2.56. The molecule has 0 aliphatic carbocycles. The first-order valence-electron chi connectivity index (χ1n) is 13.3. The van der Waals surface area contributed by atoms with Gasteiger partial charge >= 0.3 is 15.2 Å². The Morgan fingerprint density at radius 2 is 0.946 bits per heavy atom. The molecule has 0 amide bonds. The summed E-state index contributed by atoms with van der Waals surface area (Å²) in [6.45, 7) is 12.6. The van der Waals surface area contributed by atoms with Crippen molar-refractivity contribution in [2.75, 3.05) is 38.8 Å². The van der Waals surface area contributed by atoms with Crippen LogP contribution < -0.4 is 5.32 Å². The van der Waals surface area contributed by atoms with Crippen LogP contribution in [0.5, 0.6) is 0 Å². The fourth-order valence-corrected chi connectivity index (χ4v) is 8.69. The molecule has 0 saturated carbocycles. The van der Waals surface area contributed by atoms with Crippen molar-refractivity contribution in [2.45, 2.75) is 65.5 Å². The van der Waals surface area contributed by atoms with E-state index in [9.17, 15) is 9.13 Å². The molecule has 1 N–H and O–H groups in total. The second-order valence-corrected chi connectivity index (χ2v) is 13.3. The minimum absolute atomic E-state index is 0.0968. The first-order chi connectivity index (χ1) is 17.7. The quantitative estimate of drug-likeness (QED) is 0.192. The lowest BCUT2D eigenvalue weighted by Crippen LogP contribution is -2.46. The fraction of sp³-hybridized carbons (Fsp3) is 0.571. The van der Waals surface area contributed by atoms with E-state index < -0.39 is 15.2 Å². The van der Waals surface area contributed by atoms with Crippen LogP contribution in [0.2, 0.25) is 0 Å². The van der Waals surface area contributed by atoms with Crippen LogP contribution in [0.4, 0.5) is 0 Å². The van der Waals surface area contributed by atoms with Crippen LogP contribution in [0.1, 0.15) is 64.5 Å². The molecule has 208 valence electrons. The predicted molar refractivity (Wildman–Crippen MR) is 152 cm³/mol. The van der Waals surface area contributed by atoms with Gasteiger partial charge in [-0.3, -0.25) is 9.13 Å². The molecule has 0 spiro atoms. The molecule has 0 aliphatic heterocycles. The summed E-state index contributed by atoms with van der Waals surface area (Å²) in [4.78, 5) is 0. The normalized spacial score (nSPS) is 15.0. The summed E-state index contributed by atoms with van der Waals surface area (Å²) in [7, 11) is -6.84. The minimum Gasteiger partial charge on any atom is -0.311 e. The molecule has 2 unspecified atom stereocenters. The molecular weight excluding hydrogens is 508 g/mol. The van der Waals surface area contributed by atoms with Crippen LogP contribution in [-0.4, -0.2) is 50.8 Å². The Kier molecular flexibility index (Phi) is 13.8. The summed E-state index contributed by atoms with van der Waals surface area (Å²) in [6, 6.07) is 19.8. The van der Waals surface area contributed by atoms with E-state index in [1.54, 1.807) is 0 Å². The molecular formula is C28H45NO6P2. The maximum atomic E-state index is 13.9. The Morgan fingerprint density at radius 3 is 1.22 bits per heavy atom. The van der Waals surface area contributed by atoms with Gasteiger partial charge in [0.2, 0.25) is 0 Å². The molecule has 37 heavy (non-hydrogen) atoms. The van der Waals surface area contributed by atoms with Crippen LogP contribution in [0, 0.1) is 0 Å². The number of rotatable bonds is 18. The van der Waals surface area contributed by atoms with Gasteiger partial charge in [0.25, 0.3) is 0 Å². The zero-order chi connectivity index (χ0) is 27.3. The Hall–Kier alpha value is -1.30. The van der Waals surface area contributed by atoms with Gasteiger partial charge in [0, 0.05) is 23.9 Å². The van der Waals surface area contributed by atoms with Gasteiger partial charge < -0.3 is 23.4 Å². The third-order valence-corrected chi connectivity index (χ3v) is 10.3. The predicted octanol–water partition coefficient (Wildman–Crippen LogP) is 7.45. The molecule has 9 heteroatoms. The van der Waals surface area contributed by atoms with Crippen molar-refractivity contribution < 1.29 is 27.2 Å². The van der Waals surface area contributed by atoms with Crippen molar-refractivity contribution in [3.8, 4) is 0 Å². The fourth-order valence-electron chi connectivity index (χ4n) is 4.70. The summed E-state index contributed by atoms with van der Waals surface area (Å²) in [5.41, 5.74) is 2.01. The molecule has 2 aromatic rings. The van der Waals surface area contributed by atoms with Gasteiger partial charge in [-0.15, -0.1) is 0 Å². The van der Waals surface area contributed by atoms with Crippen molar-refractivity contribution in [1.29, 1.82) is 0 Å². The molecule has 2 aromatic carbocycles. The summed E-state index contributed by atoms with van der Waals surface area (Å²) < 4.78 is 50.7. The first kappa shape index (κ1) is 31.9. The van der Waals surface area contributed by atoms with E-state index in [0.717, 1.165) is 11.1 Å². The molecule has 2 atom stereocenters. The highest BCUT2D eigenvalue weighted by molar-refractivity contribution is 7.54. The molecule has 0 heterocycles. The standard InChI is InChI=1S/C28H45NO6P2/c1-7-32-36(30,33-8-2)21-26(24-17-13-11-14-18-24)28(29-23(5)6)27(25-19-15-12-16-20-25)22-37(31,34-9-3)35-10-4/h11-20,23,26-29H,7-10,21-22H2,1-6H3. The molecule has 7 nitrogen and oxygen atoms in total. The van der Waals surface area contributed by atoms with Crippen molar-refractivity contribution in [3.63, 3.8) is 0 Å². The average Bonchev–Trinajstić information content (AvgIpc) is 2.86. The van der Waals surface area contributed by atoms with Gasteiger partial charge in [-0.05, 0) is 38.8 Å². The third-order valence-electron chi connectivity index (χ3n) is 5.99. The molecule has 0 saturated heterocycles. The van der Waals surface area contributed by atoms with E-state index in [2.05, 4.69) is 19.2 Å². The second kappa shape index (κ2) is 16.0. The van der Waals surface area contributed by atoms with Crippen LogP contribution in [-0.2, 0) is 27.2 Å². The Labute approximate surface area is 223 Å². The van der Waals surface area contributed by atoms with E-state index >= 15 is 0 Å². The third kappa shape index (κ3) is 10.1. The molecule has 0 fully saturated rings. The van der Waals surface area contributed by atoms with Crippen LogP contribution in [0.25, 0.3) is 0 Å². The largest absolute Gasteiger partial charge is 0.331 e. The van der Waals surface area contributed by atoms with Gasteiger partial charge in [-0.25, -0.2) is 0 Å². The van der Waals surface area contributed by atoms with Crippen molar-refractivity contribution in [1.82, 2.24) is 5.32 Å². The molecule has 2 rings (SSSR count). The number of hydrogen-bond acceptors (Lipinski definition) is 7. The number of nitrogens with one attached hydrogen (secondary N) is 1. The highest BCUT2D eigenvalue weighted by atomic mass is 31.2. The lowest BCUT2D eigenvalue weighted by molar-refractivity contribution is 0.211. The van der Waals surface area contributed by atoms with E-state index in [4.69, 9.17) is 18.1 Å². The summed E-state index contributed by atoms with van der Waals surface area (Å²) >= 11 is 0.